The molecule has 0 aromatic carbocycles. The largest absolute Gasteiger partial charge is 0.548 e. The van der Waals surface area contributed by atoms with Crippen molar-refractivity contribution in [2.75, 3.05) is 0 Å². The van der Waals surface area contributed by atoms with Crippen molar-refractivity contribution in [2.45, 2.75) is 13.5 Å². The number of nitrogens with zero attached hydrogens (tertiary/aromatic N) is 1. The van der Waals surface area contributed by atoms with Gasteiger partial charge in [-0.2, -0.15) is 0 Å². The van der Waals surface area contributed by atoms with E-state index >= 15 is 0 Å². The smallest absolute Gasteiger partial charge is 0.328 e. The Labute approximate surface area is 72.5 Å². The molecule has 6 nitrogen and oxygen atoms in total. The SMILES string of the molecule is Cc1cn(CC(=O)[O-])c(=O)[nH]c1=O. The van der Waals surface area contributed by atoms with E-state index in [1.165, 1.54) is 13.1 Å². The number of aromatic nitrogens is 2. The van der Waals surface area contributed by atoms with Crippen molar-refractivity contribution < 1.29 is 9.90 Å². The summed E-state index contributed by atoms with van der Waals surface area (Å²) in [5.74, 6) is -1.38. The molecule has 0 aliphatic heterocycles. The first kappa shape index (κ1) is 9.24. The maximum absolute atomic E-state index is 10.9. The Balaban J connectivity index is 3.24. The van der Waals surface area contributed by atoms with Gasteiger partial charge in [-0.25, -0.2) is 4.79 Å². The van der Waals surface area contributed by atoms with Gasteiger partial charge in [0.05, 0.1) is 12.5 Å². The number of carboxylic acid groups (broad SMARTS) is 1. The predicted molar refractivity (Wildman–Crippen MR) is 41.1 cm³/mol. The molecule has 6 heteroatoms. The highest BCUT2D eigenvalue weighted by Crippen LogP contribution is 1.82. The van der Waals surface area contributed by atoms with E-state index in [0.717, 1.165) is 4.57 Å². The first-order valence-electron chi connectivity index (χ1n) is 3.51. The number of rotatable bonds is 2. The maximum Gasteiger partial charge on any atom is 0.328 e. The lowest BCUT2D eigenvalue weighted by molar-refractivity contribution is -0.306. The highest BCUT2D eigenvalue weighted by Gasteiger charge is 1.99. The third-order valence-corrected chi connectivity index (χ3v) is 1.49. The number of carboxylic acids is 1. The monoisotopic (exact) mass is 183 g/mol. The average molecular weight is 183 g/mol. The Kier molecular flexibility index (Phi) is 2.32. The Morgan fingerprint density at radius 2 is 2.23 bits per heavy atom. The quantitative estimate of drug-likeness (QED) is 0.552. The normalized spacial score (nSPS) is 9.92. The summed E-state index contributed by atoms with van der Waals surface area (Å²) in [6.45, 7) is 0.917. The van der Waals surface area contributed by atoms with E-state index in [2.05, 4.69) is 0 Å². The topological polar surface area (TPSA) is 95.0 Å². The van der Waals surface area contributed by atoms with Crippen LogP contribution >= 0.6 is 0 Å². The van der Waals surface area contributed by atoms with Gasteiger partial charge in [0, 0.05) is 11.8 Å². The van der Waals surface area contributed by atoms with E-state index in [1.54, 1.807) is 0 Å². The van der Waals surface area contributed by atoms with Crippen molar-refractivity contribution in [3.05, 3.63) is 32.6 Å². The van der Waals surface area contributed by atoms with Crippen LogP contribution in [-0.4, -0.2) is 15.5 Å². The zero-order chi connectivity index (χ0) is 10.0. The summed E-state index contributed by atoms with van der Waals surface area (Å²) >= 11 is 0. The van der Waals surface area contributed by atoms with Gasteiger partial charge in [-0.3, -0.25) is 14.3 Å². The van der Waals surface area contributed by atoms with Crippen LogP contribution in [0, 0.1) is 6.92 Å². The Morgan fingerprint density at radius 1 is 1.62 bits per heavy atom. The van der Waals surface area contributed by atoms with E-state index in [1.807, 2.05) is 4.98 Å². The van der Waals surface area contributed by atoms with Crippen LogP contribution in [0.5, 0.6) is 0 Å². The molecular formula is C7H7N2O4-. The van der Waals surface area contributed by atoms with Crippen LogP contribution in [0.3, 0.4) is 0 Å². The maximum atomic E-state index is 10.9. The first-order valence-corrected chi connectivity index (χ1v) is 3.51. The van der Waals surface area contributed by atoms with Crippen LogP contribution in [0.2, 0.25) is 0 Å². The second-order valence-corrected chi connectivity index (χ2v) is 2.57. The van der Waals surface area contributed by atoms with Gasteiger partial charge in [-0.05, 0) is 6.92 Å². The lowest BCUT2D eigenvalue weighted by Gasteiger charge is -2.05. The fourth-order valence-corrected chi connectivity index (χ4v) is 0.875. The fourth-order valence-electron chi connectivity index (χ4n) is 0.875. The third kappa shape index (κ3) is 2.05. The molecule has 0 saturated carbocycles. The molecule has 0 amide bonds. The molecule has 1 aromatic rings. The molecule has 13 heavy (non-hydrogen) atoms. The number of carbonyl (C=O) groups is 1. The second kappa shape index (κ2) is 3.26. The summed E-state index contributed by atoms with van der Waals surface area (Å²) in [5, 5.41) is 10.2. The minimum Gasteiger partial charge on any atom is -0.548 e. The number of hydrogen-bond acceptors (Lipinski definition) is 4. The van der Waals surface area contributed by atoms with Crippen molar-refractivity contribution in [1.82, 2.24) is 9.55 Å². The molecule has 0 aliphatic carbocycles. The minimum atomic E-state index is -1.38. The first-order chi connectivity index (χ1) is 6.00. The predicted octanol–water partition coefficient (Wildman–Crippen LogP) is -2.41. The molecule has 1 N–H and O–H groups in total. The van der Waals surface area contributed by atoms with Gasteiger partial charge in [0.25, 0.3) is 5.56 Å². The molecule has 1 rings (SSSR count). The number of hydrogen-bond donors (Lipinski definition) is 1. The average Bonchev–Trinajstić information content (AvgIpc) is 1.99. The van der Waals surface area contributed by atoms with Gasteiger partial charge in [-0.15, -0.1) is 0 Å². The van der Waals surface area contributed by atoms with Crippen molar-refractivity contribution in [3.63, 3.8) is 0 Å². The molecule has 0 unspecified atom stereocenters. The molecular weight excluding hydrogens is 176 g/mol. The number of carbonyl (C=O) groups excluding carboxylic acids is 1. The van der Waals surface area contributed by atoms with E-state index in [0.29, 0.717) is 0 Å². The van der Waals surface area contributed by atoms with Gasteiger partial charge in [-0.1, -0.05) is 0 Å². The lowest BCUT2D eigenvalue weighted by Crippen LogP contribution is -2.36. The summed E-state index contributed by atoms with van der Waals surface area (Å²) in [7, 11) is 0. The van der Waals surface area contributed by atoms with Gasteiger partial charge < -0.3 is 9.90 Å². The summed E-state index contributed by atoms with van der Waals surface area (Å²) in [6.07, 6.45) is 1.18. The van der Waals surface area contributed by atoms with Crippen LogP contribution in [0.4, 0.5) is 0 Å². The Morgan fingerprint density at radius 3 is 2.77 bits per heavy atom. The molecule has 0 atom stereocenters. The van der Waals surface area contributed by atoms with Crippen molar-refractivity contribution in [1.29, 1.82) is 0 Å². The Bertz CT molecular complexity index is 443. The highest BCUT2D eigenvalue weighted by molar-refractivity contribution is 5.63. The van der Waals surface area contributed by atoms with Crippen molar-refractivity contribution in [2.24, 2.45) is 0 Å². The molecule has 0 radical (unpaired) electrons. The molecule has 0 bridgehead atoms. The van der Waals surface area contributed by atoms with E-state index in [-0.39, 0.29) is 5.56 Å². The summed E-state index contributed by atoms with van der Waals surface area (Å²) < 4.78 is 0.867. The van der Waals surface area contributed by atoms with Crippen molar-refractivity contribution >= 4 is 5.97 Å². The fraction of sp³-hybridized carbons (Fsp3) is 0.286. The number of nitrogens with one attached hydrogen (secondary N) is 1. The van der Waals surface area contributed by atoms with Crippen LogP contribution in [-0.2, 0) is 11.3 Å². The number of aliphatic carboxylic acids is 1. The summed E-state index contributed by atoms with van der Waals surface area (Å²) in [6, 6.07) is 0. The highest BCUT2D eigenvalue weighted by atomic mass is 16.4. The minimum absolute atomic E-state index is 0.279. The molecule has 0 spiro atoms. The molecule has 1 aromatic heterocycles. The van der Waals surface area contributed by atoms with Crippen LogP contribution in [0.25, 0.3) is 0 Å². The van der Waals surface area contributed by atoms with Gasteiger partial charge >= 0.3 is 5.69 Å². The zero-order valence-electron chi connectivity index (χ0n) is 6.86. The van der Waals surface area contributed by atoms with Crippen LogP contribution in [0.15, 0.2) is 15.8 Å². The number of aromatic amines is 1. The van der Waals surface area contributed by atoms with Gasteiger partial charge in [0.1, 0.15) is 0 Å². The standard InChI is InChI=1S/C7H8N2O4/c1-4-2-9(3-5(10)11)7(13)8-6(4)12/h2H,3H2,1H3,(H,10,11)(H,8,12,13)/p-1. The van der Waals surface area contributed by atoms with E-state index in [4.69, 9.17) is 0 Å². The van der Waals surface area contributed by atoms with Crippen LogP contribution in [0.1, 0.15) is 5.56 Å². The molecule has 1 heterocycles. The van der Waals surface area contributed by atoms with Gasteiger partial charge in [0.2, 0.25) is 0 Å². The van der Waals surface area contributed by atoms with Crippen molar-refractivity contribution in [3.8, 4) is 0 Å². The third-order valence-electron chi connectivity index (χ3n) is 1.49. The molecule has 0 fully saturated rings. The van der Waals surface area contributed by atoms with E-state index < -0.39 is 23.8 Å². The summed E-state index contributed by atoms with van der Waals surface area (Å²) in [5.41, 5.74) is -0.986. The van der Waals surface area contributed by atoms with E-state index in [9.17, 15) is 19.5 Å². The Hall–Kier alpha value is -1.85. The second-order valence-electron chi connectivity index (χ2n) is 2.57. The zero-order valence-corrected chi connectivity index (χ0v) is 6.86. The lowest BCUT2D eigenvalue weighted by atomic mass is 10.4. The molecule has 0 saturated heterocycles. The van der Waals surface area contributed by atoms with Crippen LogP contribution < -0.4 is 16.4 Å². The number of aryl methyl sites for hydroxylation is 1. The molecule has 0 aliphatic rings. The molecule has 70 valence electrons. The summed E-state index contributed by atoms with van der Waals surface area (Å²) in [4.78, 5) is 33.9. The number of H-pyrrole nitrogens is 1. The van der Waals surface area contributed by atoms with Gasteiger partial charge in [0.15, 0.2) is 0 Å².